The molecule has 1 N–H and O–H groups in total. The van der Waals surface area contributed by atoms with Crippen LogP contribution in [0.25, 0.3) is 0 Å². The fourth-order valence-electron chi connectivity index (χ4n) is 2.71. The van der Waals surface area contributed by atoms with E-state index in [0.29, 0.717) is 0 Å². The molecule has 0 saturated heterocycles. The quantitative estimate of drug-likeness (QED) is 0.713. The topological polar surface area (TPSA) is 20.2 Å². The summed E-state index contributed by atoms with van der Waals surface area (Å²) in [6.07, 6.45) is 10.0. The van der Waals surface area contributed by atoms with Crippen molar-refractivity contribution in [3.63, 3.8) is 0 Å². The van der Waals surface area contributed by atoms with E-state index in [0.717, 1.165) is 31.1 Å². The predicted molar refractivity (Wildman–Crippen MR) is 61.3 cm³/mol. The Bertz CT molecular complexity index is 136. The summed E-state index contributed by atoms with van der Waals surface area (Å²) < 4.78 is 0. The fourth-order valence-corrected chi connectivity index (χ4v) is 2.71. The minimum Gasteiger partial charge on any atom is -0.393 e. The lowest BCUT2D eigenvalue weighted by atomic mass is 9.78. The standard InChI is InChI=1S/C13H26O/c1-3-5-13(14)10-12-8-6-11(4-2)7-9-12/h11-14H,3-10H2,1-2H3. The first kappa shape index (κ1) is 12.0. The van der Waals surface area contributed by atoms with Crippen molar-refractivity contribution in [2.75, 3.05) is 0 Å². The molecule has 1 fully saturated rings. The first-order chi connectivity index (χ1) is 6.76. The Balaban J connectivity index is 2.15. The molecule has 1 saturated carbocycles. The molecule has 1 nitrogen and oxygen atoms in total. The van der Waals surface area contributed by atoms with Crippen molar-refractivity contribution in [2.24, 2.45) is 11.8 Å². The third-order valence-corrected chi connectivity index (χ3v) is 3.77. The summed E-state index contributed by atoms with van der Waals surface area (Å²) in [4.78, 5) is 0. The minimum atomic E-state index is -0.0248. The lowest BCUT2D eigenvalue weighted by molar-refractivity contribution is 0.113. The first-order valence-corrected chi connectivity index (χ1v) is 6.44. The maximum Gasteiger partial charge on any atom is 0.0542 e. The Hall–Kier alpha value is -0.0400. The van der Waals surface area contributed by atoms with Crippen LogP contribution in [0.4, 0.5) is 0 Å². The number of aliphatic hydroxyl groups is 1. The van der Waals surface area contributed by atoms with Crippen LogP contribution in [0, 0.1) is 11.8 Å². The first-order valence-electron chi connectivity index (χ1n) is 6.44. The van der Waals surface area contributed by atoms with Crippen LogP contribution in [0.5, 0.6) is 0 Å². The molecule has 0 aliphatic heterocycles. The third kappa shape index (κ3) is 4.00. The zero-order valence-electron chi connectivity index (χ0n) is 9.84. The highest BCUT2D eigenvalue weighted by Gasteiger charge is 2.21. The lowest BCUT2D eigenvalue weighted by Gasteiger charge is -2.29. The average molecular weight is 198 g/mol. The predicted octanol–water partition coefficient (Wildman–Crippen LogP) is 3.75. The summed E-state index contributed by atoms with van der Waals surface area (Å²) in [5, 5.41) is 9.72. The lowest BCUT2D eigenvalue weighted by Crippen LogP contribution is -2.19. The van der Waals surface area contributed by atoms with E-state index in [1.54, 1.807) is 0 Å². The maximum absolute atomic E-state index is 9.72. The molecular weight excluding hydrogens is 172 g/mol. The van der Waals surface area contributed by atoms with Crippen LogP contribution in [-0.2, 0) is 0 Å². The Morgan fingerprint density at radius 3 is 2.14 bits per heavy atom. The van der Waals surface area contributed by atoms with E-state index in [-0.39, 0.29) is 6.10 Å². The van der Waals surface area contributed by atoms with Crippen molar-refractivity contribution in [3.05, 3.63) is 0 Å². The summed E-state index contributed by atoms with van der Waals surface area (Å²) in [7, 11) is 0. The molecule has 1 heteroatoms. The van der Waals surface area contributed by atoms with Crippen molar-refractivity contribution in [1.29, 1.82) is 0 Å². The van der Waals surface area contributed by atoms with Gasteiger partial charge in [-0.25, -0.2) is 0 Å². The van der Waals surface area contributed by atoms with Gasteiger partial charge >= 0.3 is 0 Å². The summed E-state index contributed by atoms with van der Waals surface area (Å²) in [5.41, 5.74) is 0. The van der Waals surface area contributed by atoms with Gasteiger partial charge in [0.05, 0.1) is 6.10 Å². The van der Waals surface area contributed by atoms with Crippen molar-refractivity contribution >= 4 is 0 Å². The molecule has 1 aliphatic carbocycles. The van der Waals surface area contributed by atoms with E-state index < -0.39 is 0 Å². The molecule has 1 rings (SSSR count). The second-order valence-corrected chi connectivity index (χ2v) is 4.97. The zero-order chi connectivity index (χ0) is 10.4. The Kier molecular flexibility index (Phi) is 5.54. The highest BCUT2D eigenvalue weighted by Crippen LogP contribution is 2.33. The molecular formula is C13H26O. The number of hydrogen-bond donors (Lipinski definition) is 1. The monoisotopic (exact) mass is 198 g/mol. The van der Waals surface area contributed by atoms with Gasteiger partial charge in [0.15, 0.2) is 0 Å². The van der Waals surface area contributed by atoms with E-state index in [1.807, 2.05) is 0 Å². The molecule has 0 bridgehead atoms. The molecule has 0 aromatic rings. The van der Waals surface area contributed by atoms with Crippen LogP contribution >= 0.6 is 0 Å². The van der Waals surface area contributed by atoms with Gasteiger partial charge < -0.3 is 5.11 Å². The van der Waals surface area contributed by atoms with Crippen molar-refractivity contribution in [3.8, 4) is 0 Å². The third-order valence-electron chi connectivity index (χ3n) is 3.77. The van der Waals surface area contributed by atoms with Gasteiger partial charge in [-0.3, -0.25) is 0 Å². The normalized spacial score (nSPS) is 30.2. The molecule has 0 aromatic heterocycles. The van der Waals surface area contributed by atoms with Gasteiger partial charge in [-0.1, -0.05) is 52.4 Å². The molecule has 0 radical (unpaired) electrons. The molecule has 1 unspecified atom stereocenters. The van der Waals surface area contributed by atoms with Gasteiger partial charge in [-0.15, -0.1) is 0 Å². The minimum absolute atomic E-state index is 0.0248. The highest BCUT2D eigenvalue weighted by atomic mass is 16.3. The van der Waals surface area contributed by atoms with Crippen LogP contribution < -0.4 is 0 Å². The Labute approximate surface area is 88.9 Å². The molecule has 84 valence electrons. The summed E-state index contributed by atoms with van der Waals surface area (Å²) >= 11 is 0. The largest absolute Gasteiger partial charge is 0.393 e. The van der Waals surface area contributed by atoms with Crippen LogP contribution in [0.3, 0.4) is 0 Å². The second kappa shape index (κ2) is 6.44. The summed E-state index contributed by atoms with van der Waals surface area (Å²) in [6.45, 7) is 4.45. The summed E-state index contributed by atoms with van der Waals surface area (Å²) in [6, 6.07) is 0. The molecule has 0 spiro atoms. The Morgan fingerprint density at radius 1 is 1.07 bits per heavy atom. The van der Waals surface area contributed by atoms with E-state index in [1.165, 1.54) is 32.1 Å². The van der Waals surface area contributed by atoms with Crippen molar-refractivity contribution in [1.82, 2.24) is 0 Å². The highest BCUT2D eigenvalue weighted by molar-refractivity contribution is 4.74. The molecule has 0 aromatic carbocycles. The van der Waals surface area contributed by atoms with Crippen molar-refractivity contribution in [2.45, 2.75) is 71.3 Å². The fraction of sp³-hybridized carbons (Fsp3) is 1.00. The van der Waals surface area contributed by atoms with E-state index in [4.69, 9.17) is 0 Å². The SMILES string of the molecule is CCCC(O)CC1CCC(CC)CC1. The van der Waals surface area contributed by atoms with E-state index in [2.05, 4.69) is 13.8 Å². The summed E-state index contributed by atoms with van der Waals surface area (Å²) in [5.74, 6) is 1.80. The number of hydrogen-bond acceptors (Lipinski definition) is 1. The van der Waals surface area contributed by atoms with Crippen LogP contribution in [0.1, 0.15) is 65.2 Å². The molecule has 1 aliphatic rings. The van der Waals surface area contributed by atoms with Crippen LogP contribution in [0.2, 0.25) is 0 Å². The molecule has 14 heavy (non-hydrogen) atoms. The van der Waals surface area contributed by atoms with E-state index in [9.17, 15) is 5.11 Å². The second-order valence-electron chi connectivity index (χ2n) is 4.97. The van der Waals surface area contributed by atoms with Gasteiger partial charge in [0.1, 0.15) is 0 Å². The average Bonchev–Trinajstić information content (AvgIpc) is 2.19. The van der Waals surface area contributed by atoms with Gasteiger partial charge in [0, 0.05) is 0 Å². The van der Waals surface area contributed by atoms with Crippen molar-refractivity contribution < 1.29 is 5.11 Å². The number of aliphatic hydroxyl groups excluding tert-OH is 1. The molecule has 1 atom stereocenters. The van der Waals surface area contributed by atoms with Crippen LogP contribution in [0.15, 0.2) is 0 Å². The van der Waals surface area contributed by atoms with Gasteiger partial charge in [0.25, 0.3) is 0 Å². The van der Waals surface area contributed by atoms with Gasteiger partial charge in [-0.05, 0) is 24.7 Å². The Morgan fingerprint density at radius 2 is 1.64 bits per heavy atom. The van der Waals surface area contributed by atoms with E-state index >= 15 is 0 Å². The number of rotatable bonds is 5. The zero-order valence-corrected chi connectivity index (χ0v) is 9.84. The smallest absolute Gasteiger partial charge is 0.0542 e. The van der Waals surface area contributed by atoms with Crippen LogP contribution in [-0.4, -0.2) is 11.2 Å². The molecule has 0 heterocycles. The van der Waals surface area contributed by atoms with Gasteiger partial charge in [-0.2, -0.15) is 0 Å². The van der Waals surface area contributed by atoms with Gasteiger partial charge in [0.2, 0.25) is 0 Å². The molecule has 0 amide bonds. The maximum atomic E-state index is 9.72.